The Labute approximate surface area is 211 Å². The maximum atomic E-state index is 13.4. The molecule has 1 fully saturated rings. The first kappa shape index (κ1) is 25.2. The lowest BCUT2D eigenvalue weighted by molar-refractivity contribution is 0.102. The van der Waals surface area contributed by atoms with Crippen molar-refractivity contribution < 1.29 is 18.3 Å². The summed E-state index contributed by atoms with van der Waals surface area (Å²) >= 11 is 1.15. The molecule has 8 nitrogen and oxygen atoms in total. The van der Waals surface area contributed by atoms with Crippen LogP contribution in [-0.4, -0.2) is 58.7 Å². The van der Waals surface area contributed by atoms with Gasteiger partial charge in [0.2, 0.25) is 5.13 Å². The second kappa shape index (κ2) is 11.2. The van der Waals surface area contributed by atoms with E-state index in [1.165, 1.54) is 25.6 Å². The van der Waals surface area contributed by atoms with Crippen molar-refractivity contribution in [1.29, 1.82) is 0 Å². The van der Waals surface area contributed by atoms with Gasteiger partial charge >= 0.3 is 0 Å². The standard InChI is InChI=1S/C25H22F2N6O2S/c1-33(2)10-4-5-16-11-17(18-12-20(23(26)27)29-14-21(18)35-3)19(13-28-16)24(34)30-25-32-31-22(36-25)9-8-15-6-7-15/h11-15,23H,6-7,10H2,1-3H3,(H,30,32,34). The van der Waals surface area contributed by atoms with Gasteiger partial charge in [-0.1, -0.05) is 23.2 Å². The number of nitrogens with one attached hydrogen (secondary N) is 1. The molecular weight excluding hydrogens is 486 g/mol. The van der Waals surface area contributed by atoms with Crippen LogP contribution in [0, 0.1) is 29.6 Å². The Hall–Kier alpha value is -3.93. The van der Waals surface area contributed by atoms with Crippen molar-refractivity contribution in [1.82, 2.24) is 25.1 Å². The lowest BCUT2D eigenvalue weighted by atomic mass is 9.99. The first-order chi connectivity index (χ1) is 17.3. The van der Waals surface area contributed by atoms with Crippen molar-refractivity contribution in [2.24, 2.45) is 5.92 Å². The molecule has 36 heavy (non-hydrogen) atoms. The van der Waals surface area contributed by atoms with Gasteiger partial charge in [-0.3, -0.25) is 20.0 Å². The molecule has 0 bridgehead atoms. The van der Waals surface area contributed by atoms with E-state index < -0.39 is 18.0 Å². The molecule has 0 aromatic carbocycles. The number of pyridine rings is 2. The quantitative estimate of drug-likeness (QED) is 0.506. The number of hydrogen-bond acceptors (Lipinski definition) is 8. The molecule has 0 unspecified atom stereocenters. The number of carbonyl (C=O) groups is 1. The van der Waals surface area contributed by atoms with E-state index in [4.69, 9.17) is 4.74 Å². The second-order valence-corrected chi connectivity index (χ2v) is 9.15. The Bertz CT molecular complexity index is 1400. The van der Waals surface area contributed by atoms with Crippen LogP contribution in [0.15, 0.2) is 24.5 Å². The molecule has 3 aromatic rings. The minimum Gasteiger partial charge on any atom is -0.494 e. The Morgan fingerprint density at radius 1 is 1.19 bits per heavy atom. The third-order valence-corrected chi connectivity index (χ3v) is 5.74. The van der Waals surface area contributed by atoms with Crippen molar-refractivity contribution in [3.05, 3.63) is 46.5 Å². The van der Waals surface area contributed by atoms with Gasteiger partial charge in [0.15, 0.2) is 5.01 Å². The monoisotopic (exact) mass is 508 g/mol. The molecule has 3 aromatic heterocycles. The van der Waals surface area contributed by atoms with Crippen molar-refractivity contribution in [3.63, 3.8) is 0 Å². The maximum absolute atomic E-state index is 13.4. The lowest BCUT2D eigenvalue weighted by Crippen LogP contribution is -2.14. The van der Waals surface area contributed by atoms with E-state index in [2.05, 4.69) is 49.2 Å². The summed E-state index contributed by atoms with van der Waals surface area (Å²) in [5.41, 5.74) is 0.626. The summed E-state index contributed by atoms with van der Waals surface area (Å²) in [6.07, 6.45) is 1.93. The number of aromatic nitrogens is 4. The highest BCUT2D eigenvalue weighted by molar-refractivity contribution is 7.15. The zero-order chi connectivity index (χ0) is 25.7. The van der Waals surface area contributed by atoms with Crippen LogP contribution in [-0.2, 0) is 0 Å². The first-order valence-electron chi connectivity index (χ1n) is 11.0. The van der Waals surface area contributed by atoms with Crippen molar-refractivity contribution in [2.75, 3.05) is 33.1 Å². The van der Waals surface area contributed by atoms with Crippen LogP contribution in [0.4, 0.5) is 13.9 Å². The predicted octanol–water partition coefficient (Wildman–Crippen LogP) is 3.87. The topological polar surface area (TPSA) is 93.1 Å². The van der Waals surface area contributed by atoms with Crippen LogP contribution >= 0.6 is 11.3 Å². The fourth-order valence-electron chi connectivity index (χ4n) is 3.05. The molecule has 0 aliphatic heterocycles. The zero-order valence-electron chi connectivity index (χ0n) is 19.8. The number of carbonyl (C=O) groups excluding carboxylic acids is 1. The van der Waals surface area contributed by atoms with E-state index in [0.717, 1.165) is 24.2 Å². The van der Waals surface area contributed by atoms with Crippen LogP contribution in [0.1, 0.15) is 46.0 Å². The summed E-state index contributed by atoms with van der Waals surface area (Å²) < 4.78 is 32.2. The molecule has 184 valence electrons. The maximum Gasteiger partial charge on any atom is 0.280 e. The van der Waals surface area contributed by atoms with E-state index in [0.29, 0.717) is 28.7 Å². The third-order valence-electron chi connectivity index (χ3n) is 4.99. The smallest absolute Gasteiger partial charge is 0.280 e. The molecule has 0 atom stereocenters. The Kier molecular flexibility index (Phi) is 7.84. The zero-order valence-corrected chi connectivity index (χ0v) is 20.6. The molecule has 0 radical (unpaired) electrons. The molecule has 0 saturated heterocycles. The predicted molar refractivity (Wildman–Crippen MR) is 132 cm³/mol. The normalized spacial score (nSPS) is 12.5. The number of amides is 1. The van der Waals surface area contributed by atoms with Gasteiger partial charge in [0.25, 0.3) is 12.3 Å². The molecule has 1 saturated carbocycles. The van der Waals surface area contributed by atoms with Gasteiger partial charge in [0, 0.05) is 23.2 Å². The fraction of sp³-hybridized carbons (Fsp3) is 0.320. The van der Waals surface area contributed by atoms with Gasteiger partial charge in [-0.25, -0.2) is 13.8 Å². The summed E-state index contributed by atoms with van der Waals surface area (Å²) in [7, 11) is 5.16. The van der Waals surface area contributed by atoms with Crippen LogP contribution in [0.25, 0.3) is 11.1 Å². The molecule has 1 N–H and O–H groups in total. The van der Waals surface area contributed by atoms with Crippen LogP contribution in [0.3, 0.4) is 0 Å². The Morgan fingerprint density at radius 2 is 2.00 bits per heavy atom. The molecule has 4 rings (SSSR count). The number of nitrogens with zero attached hydrogens (tertiary/aromatic N) is 5. The fourth-order valence-corrected chi connectivity index (χ4v) is 3.65. The number of methoxy groups -OCH3 is 1. The summed E-state index contributed by atoms with van der Waals surface area (Å²) in [6, 6.07) is 2.76. The van der Waals surface area contributed by atoms with Gasteiger partial charge < -0.3 is 4.74 Å². The van der Waals surface area contributed by atoms with Crippen molar-refractivity contribution in [3.8, 4) is 40.6 Å². The highest BCUT2D eigenvalue weighted by Gasteiger charge is 2.22. The SMILES string of the molecule is COc1cnc(C(F)F)cc1-c1cc(C#CCN(C)C)ncc1C(=O)Nc1nnc(C#CC2CC2)s1. The lowest BCUT2D eigenvalue weighted by Gasteiger charge is -2.14. The van der Waals surface area contributed by atoms with Gasteiger partial charge in [-0.05, 0) is 50.9 Å². The summed E-state index contributed by atoms with van der Waals surface area (Å²) in [6.45, 7) is 0.496. The largest absolute Gasteiger partial charge is 0.494 e. The van der Waals surface area contributed by atoms with Gasteiger partial charge in [0.05, 0.1) is 25.4 Å². The highest BCUT2D eigenvalue weighted by Crippen LogP contribution is 2.35. The summed E-state index contributed by atoms with van der Waals surface area (Å²) in [5, 5.41) is 11.4. The Balaban J connectivity index is 1.71. The molecule has 3 heterocycles. The Morgan fingerprint density at radius 3 is 2.69 bits per heavy atom. The number of ether oxygens (including phenoxy) is 1. The average molecular weight is 509 g/mol. The van der Waals surface area contributed by atoms with Crippen LogP contribution in [0.5, 0.6) is 5.75 Å². The molecule has 0 spiro atoms. The van der Waals surface area contributed by atoms with Crippen LogP contribution in [0.2, 0.25) is 0 Å². The van der Waals surface area contributed by atoms with Gasteiger partial charge in [-0.15, -0.1) is 10.2 Å². The number of hydrogen-bond donors (Lipinski definition) is 1. The number of anilines is 1. The molecular formula is C25H22F2N6O2S. The molecule has 1 aliphatic carbocycles. The van der Waals surface area contributed by atoms with E-state index in [1.54, 1.807) is 6.07 Å². The van der Waals surface area contributed by atoms with Gasteiger partial charge in [0.1, 0.15) is 17.1 Å². The number of rotatable bonds is 6. The van der Waals surface area contributed by atoms with Crippen molar-refractivity contribution >= 4 is 22.4 Å². The number of halogens is 2. The van der Waals surface area contributed by atoms with E-state index >= 15 is 0 Å². The second-order valence-electron chi connectivity index (χ2n) is 8.17. The van der Waals surface area contributed by atoms with Crippen molar-refractivity contribution in [2.45, 2.75) is 19.3 Å². The molecule has 1 amide bonds. The van der Waals surface area contributed by atoms with E-state index in [1.807, 2.05) is 19.0 Å². The molecule has 1 aliphatic rings. The minimum atomic E-state index is -2.80. The number of alkyl halides is 2. The summed E-state index contributed by atoms with van der Waals surface area (Å²) in [4.78, 5) is 23.2. The minimum absolute atomic E-state index is 0.124. The average Bonchev–Trinajstić information content (AvgIpc) is 3.59. The highest BCUT2D eigenvalue weighted by atomic mass is 32.1. The third kappa shape index (κ3) is 6.39. The first-order valence-corrected chi connectivity index (χ1v) is 11.8. The summed E-state index contributed by atoms with van der Waals surface area (Å²) in [5.74, 6) is 12.1. The van der Waals surface area contributed by atoms with Crippen LogP contribution < -0.4 is 10.1 Å². The van der Waals surface area contributed by atoms with E-state index in [-0.39, 0.29) is 22.0 Å². The van der Waals surface area contributed by atoms with Gasteiger partial charge in [-0.2, -0.15) is 0 Å². The molecule has 11 heteroatoms. The van der Waals surface area contributed by atoms with E-state index in [9.17, 15) is 13.6 Å².